The number of nitrogens with one attached hydrogen (secondary N) is 1. The van der Waals surface area contributed by atoms with Gasteiger partial charge in [-0.2, -0.15) is 5.11 Å². The summed E-state index contributed by atoms with van der Waals surface area (Å²) in [5, 5.41) is 11.2. The predicted molar refractivity (Wildman–Crippen MR) is 50.3 cm³/mol. The maximum atomic E-state index is 4.01. The SMILES string of the molecule is C1=C2N=NCN2c2ccccc2N1. The van der Waals surface area contributed by atoms with Crippen LogP contribution in [0.3, 0.4) is 0 Å². The summed E-state index contributed by atoms with van der Waals surface area (Å²) in [5.41, 5.74) is 2.25. The van der Waals surface area contributed by atoms with Crippen molar-refractivity contribution in [1.82, 2.24) is 0 Å². The molecule has 0 radical (unpaired) electrons. The lowest BCUT2D eigenvalue weighted by Gasteiger charge is -2.24. The molecular formula is C9H8N4. The van der Waals surface area contributed by atoms with E-state index in [1.165, 1.54) is 0 Å². The standard InChI is InChI=1S/C9H8N4/c1-2-4-8-7(3-1)10-5-9-12-11-6-13(8)9/h1-5,10H,6H2. The van der Waals surface area contributed by atoms with Crippen molar-refractivity contribution in [3.05, 3.63) is 36.3 Å². The van der Waals surface area contributed by atoms with E-state index in [1.54, 1.807) is 0 Å². The van der Waals surface area contributed by atoms with Crippen LogP contribution in [0.4, 0.5) is 11.4 Å². The first-order valence-electron chi connectivity index (χ1n) is 4.16. The van der Waals surface area contributed by atoms with Crippen LogP contribution in [-0.2, 0) is 0 Å². The summed E-state index contributed by atoms with van der Waals surface area (Å²) in [6.45, 7) is 0.629. The minimum Gasteiger partial charge on any atom is -0.357 e. The Labute approximate surface area is 75.6 Å². The molecule has 4 heteroatoms. The molecule has 64 valence electrons. The maximum Gasteiger partial charge on any atom is 0.173 e. The number of nitrogens with zero attached hydrogens (tertiary/aromatic N) is 3. The average Bonchev–Trinajstić information content (AvgIpc) is 2.65. The number of hydrogen-bond donors (Lipinski definition) is 1. The van der Waals surface area contributed by atoms with E-state index in [9.17, 15) is 0 Å². The van der Waals surface area contributed by atoms with Gasteiger partial charge in [-0.05, 0) is 12.1 Å². The van der Waals surface area contributed by atoms with E-state index in [1.807, 2.05) is 24.4 Å². The zero-order valence-electron chi connectivity index (χ0n) is 6.94. The van der Waals surface area contributed by atoms with Gasteiger partial charge >= 0.3 is 0 Å². The molecule has 1 aromatic carbocycles. The lowest BCUT2D eigenvalue weighted by atomic mass is 10.2. The molecule has 0 unspecified atom stereocenters. The molecule has 13 heavy (non-hydrogen) atoms. The largest absolute Gasteiger partial charge is 0.357 e. The van der Waals surface area contributed by atoms with E-state index in [-0.39, 0.29) is 0 Å². The lowest BCUT2D eigenvalue weighted by Crippen LogP contribution is -2.22. The number of para-hydroxylation sites is 2. The average molecular weight is 172 g/mol. The van der Waals surface area contributed by atoms with Crippen LogP contribution in [0.15, 0.2) is 46.5 Å². The molecule has 2 aliphatic heterocycles. The van der Waals surface area contributed by atoms with Gasteiger partial charge in [0.15, 0.2) is 5.82 Å². The van der Waals surface area contributed by atoms with E-state index in [2.05, 4.69) is 26.5 Å². The molecule has 2 heterocycles. The number of azo groups is 1. The summed E-state index contributed by atoms with van der Waals surface area (Å²) in [4.78, 5) is 2.08. The highest BCUT2D eigenvalue weighted by Crippen LogP contribution is 2.34. The molecule has 0 saturated heterocycles. The first-order valence-corrected chi connectivity index (χ1v) is 4.16. The molecule has 0 atom stereocenters. The molecule has 0 saturated carbocycles. The quantitative estimate of drug-likeness (QED) is 0.651. The van der Waals surface area contributed by atoms with Gasteiger partial charge in [-0.1, -0.05) is 12.1 Å². The first kappa shape index (κ1) is 6.65. The van der Waals surface area contributed by atoms with Crippen molar-refractivity contribution in [2.75, 3.05) is 16.9 Å². The van der Waals surface area contributed by atoms with Crippen molar-refractivity contribution in [3.63, 3.8) is 0 Å². The lowest BCUT2D eigenvalue weighted by molar-refractivity contribution is 0.995. The van der Waals surface area contributed by atoms with Crippen molar-refractivity contribution in [3.8, 4) is 0 Å². The molecule has 0 spiro atoms. The number of rotatable bonds is 0. The van der Waals surface area contributed by atoms with Gasteiger partial charge in [0.05, 0.1) is 11.4 Å². The third-order valence-electron chi connectivity index (χ3n) is 2.21. The van der Waals surface area contributed by atoms with Gasteiger partial charge in [-0.15, -0.1) is 5.11 Å². The molecule has 0 aromatic heterocycles. The van der Waals surface area contributed by atoms with Gasteiger partial charge in [-0.25, -0.2) is 0 Å². The van der Waals surface area contributed by atoms with E-state index in [4.69, 9.17) is 0 Å². The van der Waals surface area contributed by atoms with E-state index in [0.29, 0.717) is 6.67 Å². The smallest absolute Gasteiger partial charge is 0.173 e. The second-order valence-electron chi connectivity index (χ2n) is 2.97. The topological polar surface area (TPSA) is 40.0 Å². The molecule has 0 amide bonds. The van der Waals surface area contributed by atoms with Gasteiger partial charge in [0.2, 0.25) is 0 Å². The number of benzene rings is 1. The second kappa shape index (κ2) is 2.32. The molecule has 2 aliphatic rings. The Bertz CT molecular complexity index is 408. The Morgan fingerprint density at radius 3 is 3.23 bits per heavy atom. The van der Waals surface area contributed by atoms with Gasteiger partial charge in [-0.3, -0.25) is 4.90 Å². The highest BCUT2D eigenvalue weighted by Gasteiger charge is 2.22. The molecular weight excluding hydrogens is 164 g/mol. The monoisotopic (exact) mass is 172 g/mol. The number of anilines is 2. The van der Waals surface area contributed by atoms with Crippen molar-refractivity contribution in [1.29, 1.82) is 0 Å². The van der Waals surface area contributed by atoms with Crippen LogP contribution >= 0.6 is 0 Å². The Balaban J connectivity index is 2.14. The molecule has 1 aromatic rings. The van der Waals surface area contributed by atoms with Crippen LogP contribution < -0.4 is 10.2 Å². The fourth-order valence-electron chi connectivity index (χ4n) is 1.57. The van der Waals surface area contributed by atoms with Gasteiger partial charge in [0, 0.05) is 6.20 Å². The Morgan fingerprint density at radius 2 is 2.23 bits per heavy atom. The minimum atomic E-state index is 0.629. The second-order valence-corrected chi connectivity index (χ2v) is 2.97. The van der Waals surface area contributed by atoms with Crippen LogP contribution in [0, 0.1) is 0 Å². The summed E-state index contributed by atoms with van der Waals surface area (Å²) in [7, 11) is 0. The van der Waals surface area contributed by atoms with Gasteiger partial charge in [0.1, 0.15) is 6.67 Å². The zero-order valence-corrected chi connectivity index (χ0v) is 6.94. The molecule has 1 N–H and O–H groups in total. The Morgan fingerprint density at radius 1 is 1.31 bits per heavy atom. The summed E-state index contributed by atoms with van der Waals surface area (Å²) >= 11 is 0. The first-order chi connectivity index (χ1) is 6.45. The number of hydrogen-bond acceptors (Lipinski definition) is 4. The molecule has 0 aliphatic carbocycles. The molecule has 3 rings (SSSR count). The zero-order chi connectivity index (χ0) is 8.67. The molecule has 4 nitrogen and oxygen atoms in total. The highest BCUT2D eigenvalue weighted by atomic mass is 15.4. The van der Waals surface area contributed by atoms with Crippen LogP contribution in [0.2, 0.25) is 0 Å². The van der Waals surface area contributed by atoms with Gasteiger partial charge in [0.25, 0.3) is 0 Å². The Kier molecular flexibility index (Phi) is 1.19. The summed E-state index contributed by atoms with van der Waals surface area (Å²) < 4.78 is 0. The van der Waals surface area contributed by atoms with Crippen LogP contribution in [0.1, 0.15) is 0 Å². The highest BCUT2D eigenvalue weighted by molar-refractivity contribution is 5.76. The third kappa shape index (κ3) is 0.853. The minimum absolute atomic E-state index is 0.629. The van der Waals surface area contributed by atoms with E-state index < -0.39 is 0 Å². The van der Waals surface area contributed by atoms with Crippen molar-refractivity contribution in [2.24, 2.45) is 10.2 Å². The summed E-state index contributed by atoms with van der Waals surface area (Å²) in [6, 6.07) is 8.13. The van der Waals surface area contributed by atoms with Crippen LogP contribution in [-0.4, -0.2) is 6.67 Å². The van der Waals surface area contributed by atoms with Crippen molar-refractivity contribution < 1.29 is 0 Å². The predicted octanol–water partition coefficient (Wildman–Crippen LogP) is 2.14. The fraction of sp³-hybridized carbons (Fsp3) is 0.111. The maximum absolute atomic E-state index is 4.01. The third-order valence-corrected chi connectivity index (χ3v) is 2.21. The summed E-state index contributed by atoms with van der Waals surface area (Å²) in [6.07, 6.45) is 1.87. The van der Waals surface area contributed by atoms with E-state index >= 15 is 0 Å². The van der Waals surface area contributed by atoms with Gasteiger partial charge < -0.3 is 5.32 Å². The van der Waals surface area contributed by atoms with Crippen LogP contribution in [0.5, 0.6) is 0 Å². The fourth-order valence-corrected chi connectivity index (χ4v) is 1.57. The summed E-state index contributed by atoms with van der Waals surface area (Å²) in [5.74, 6) is 0.888. The normalized spacial score (nSPS) is 17.5. The molecule has 0 bridgehead atoms. The van der Waals surface area contributed by atoms with Crippen molar-refractivity contribution >= 4 is 11.4 Å². The molecule has 0 fully saturated rings. The van der Waals surface area contributed by atoms with E-state index in [0.717, 1.165) is 17.2 Å². The number of fused-ring (bicyclic) bond motifs is 3. The van der Waals surface area contributed by atoms with Crippen molar-refractivity contribution in [2.45, 2.75) is 0 Å². The van der Waals surface area contributed by atoms with Crippen LogP contribution in [0.25, 0.3) is 0 Å². The Hall–Kier alpha value is -1.84.